The van der Waals surface area contributed by atoms with E-state index in [1.54, 1.807) is 25.3 Å². The molecule has 0 radical (unpaired) electrons. The zero-order chi connectivity index (χ0) is 13.8. The minimum Gasteiger partial charge on any atom is -0.398 e. The Labute approximate surface area is 109 Å². The number of nitrogens with zero attached hydrogens (tertiary/aromatic N) is 2. The molecule has 3 N–H and O–H groups in total. The molecule has 0 spiro atoms. The van der Waals surface area contributed by atoms with Crippen LogP contribution in [-0.2, 0) is 11.3 Å². The second kappa shape index (κ2) is 5.34. The minimum absolute atomic E-state index is 0.0851. The van der Waals surface area contributed by atoms with Crippen molar-refractivity contribution in [1.82, 2.24) is 9.55 Å². The molecule has 19 heavy (non-hydrogen) atoms. The Morgan fingerprint density at radius 2 is 2.21 bits per heavy atom. The summed E-state index contributed by atoms with van der Waals surface area (Å²) in [4.78, 5) is 27.5. The van der Waals surface area contributed by atoms with Gasteiger partial charge in [0.15, 0.2) is 0 Å². The SMILES string of the molecule is Cc1ncccc1NC(=O)Cn1cc(N)ccc1=O. The number of nitrogen functional groups attached to an aromatic ring is 1. The monoisotopic (exact) mass is 258 g/mol. The lowest BCUT2D eigenvalue weighted by Crippen LogP contribution is -2.27. The summed E-state index contributed by atoms with van der Waals surface area (Å²) in [6.07, 6.45) is 3.09. The molecule has 0 unspecified atom stereocenters. The summed E-state index contributed by atoms with van der Waals surface area (Å²) in [5.41, 5.74) is 7.09. The van der Waals surface area contributed by atoms with E-state index in [1.165, 1.54) is 22.9 Å². The molecule has 2 rings (SSSR count). The maximum atomic E-state index is 11.9. The first-order valence-electron chi connectivity index (χ1n) is 5.74. The third-order valence-corrected chi connectivity index (χ3v) is 2.60. The summed E-state index contributed by atoms with van der Waals surface area (Å²) in [5, 5.41) is 2.70. The first kappa shape index (κ1) is 12.8. The van der Waals surface area contributed by atoms with Crippen LogP contribution in [0.5, 0.6) is 0 Å². The molecule has 0 aliphatic heterocycles. The molecule has 0 aromatic carbocycles. The van der Waals surface area contributed by atoms with Gasteiger partial charge in [-0.1, -0.05) is 0 Å². The number of aryl methyl sites for hydroxylation is 1. The minimum atomic E-state index is -0.302. The van der Waals surface area contributed by atoms with Gasteiger partial charge in [0.05, 0.1) is 11.4 Å². The summed E-state index contributed by atoms with van der Waals surface area (Å²) in [7, 11) is 0. The topological polar surface area (TPSA) is 90.0 Å². The number of anilines is 2. The van der Waals surface area contributed by atoms with E-state index in [9.17, 15) is 9.59 Å². The molecule has 2 heterocycles. The average molecular weight is 258 g/mol. The van der Waals surface area contributed by atoms with E-state index in [1.807, 2.05) is 0 Å². The standard InChI is InChI=1S/C13H14N4O2/c1-9-11(3-2-6-15-9)16-12(18)8-17-7-10(14)4-5-13(17)19/h2-7H,8,14H2,1H3,(H,16,18). The molecule has 2 aromatic heterocycles. The number of nitrogens with one attached hydrogen (secondary N) is 1. The predicted molar refractivity (Wildman–Crippen MR) is 72.7 cm³/mol. The Kier molecular flexibility index (Phi) is 3.61. The van der Waals surface area contributed by atoms with Gasteiger partial charge in [-0.05, 0) is 25.1 Å². The Morgan fingerprint density at radius 3 is 2.95 bits per heavy atom. The predicted octanol–water partition coefficient (Wildman–Crippen LogP) is 0.773. The first-order chi connectivity index (χ1) is 9.06. The lowest BCUT2D eigenvalue weighted by Gasteiger charge is -2.09. The van der Waals surface area contributed by atoms with E-state index in [2.05, 4.69) is 10.3 Å². The Balaban J connectivity index is 2.12. The van der Waals surface area contributed by atoms with E-state index < -0.39 is 0 Å². The number of hydrogen-bond acceptors (Lipinski definition) is 4. The van der Waals surface area contributed by atoms with Crippen LogP contribution in [0.4, 0.5) is 11.4 Å². The van der Waals surface area contributed by atoms with Crippen LogP contribution in [0, 0.1) is 6.92 Å². The van der Waals surface area contributed by atoms with Gasteiger partial charge in [0, 0.05) is 24.1 Å². The van der Waals surface area contributed by atoms with Crippen molar-refractivity contribution in [3.63, 3.8) is 0 Å². The zero-order valence-corrected chi connectivity index (χ0v) is 10.5. The Hall–Kier alpha value is -2.63. The fraction of sp³-hybridized carbons (Fsp3) is 0.154. The number of rotatable bonds is 3. The molecular formula is C13H14N4O2. The molecule has 0 saturated heterocycles. The number of carbonyl (C=O) groups excluding carboxylic acids is 1. The summed E-state index contributed by atoms with van der Waals surface area (Å²) < 4.78 is 1.26. The van der Waals surface area contributed by atoms with Crippen LogP contribution in [0.1, 0.15) is 5.69 Å². The summed E-state index contributed by atoms with van der Waals surface area (Å²) in [6, 6.07) is 6.32. The van der Waals surface area contributed by atoms with Crippen molar-refractivity contribution in [2.24, 2.45) is 0 Å². The van der Waals surface area contributed by atoms with Gasteiger partial charge in [-0.2, -0.15) is 0 Å². The largest absolute Gasteiger partial charge is 0.398 e. The Bertz CT molecular complexity index is 664. The molecule has 1 amide bonds. The van der Waals surface area contributed by atoms with Crippen LogP contribution >= 0.6 is 0 Å². The third-order valence-electron chi connectivity index (χ3n) is 2.60. The highest BCUT2D eigenvalue weighted by molar-refractivity contribution is 5.91. The van der Waals surface area contributed by atoms with Crippen LogP contribution in [0.25, 0.3) is 0 Å². The smallest absolute Gasteiger partial charge is 0.251 e. The van der Waals surface area contributed by atoms with Crippen molar-refractivity contribution in [2.75, 3.05) is 11.1 Å². The number of hydrogen-bond donors (Lipinski definition) is 2. The van der Waals surface area contributed by atoms with Crippen molar-refractivity contribution in [1.29, 1.82) is 0 Å². The Morgan fingerprint density at radius 1 is 1.42 bits per heavy atom. The van der Waals surface area contributed by atoms with Gasteiger partial charge < -0.3 is 15.6 Å². The van der Waals surface area contributed by atoms with Gasteiger partial charge >= 0.3 is 0 Å². The van der Waals surface area contributed by atoms with E-state index in [4.69, 9.17) is 5.73 Å². The van der Waals surface area contributed by atoms with Gasteiger partial charge in [0.25, 0.3) is 5.56 Å². The summed E-state index contributed by atoms with van der Waals surface area (Å²) >= 11 is 0. The molecular weight excluding hydrogens is 244 g/mol. The van der Waals surface area contributed by atoms with E-state index in [0.29, 0.717) is 11.4 Å². The van der Waals surface area contributed by atoms with Crippen LogP contribution < -0.4 is 16.6 Å². The number of nitrogens with two attached hydrogens (primary N) is 1. The molecule has 0 aliphatic rings. The first-order valence-corrected chi connectivity index (χ1v) is 5.74. The molecule has 0 fully saturated rings. The highest BCUT2D eigenvalue weighted by atomic mass is 16.2. The molecule has 0 bridgehead atoms. The van der Waals surface area contributed by atoms with Crippen LogP contribution in [-0.4, -0.2) is 15.5 Å². The van der Waals surface area contributed by atoms with Crippen molar-refractivity contribution in [3.05, 3.63) is 52.7 Å². The number of pyridine rings is 2. The number of carbonyl (C=O) groups is 1. The van der Waals surface area contributed by atoms with Crippen molar-refractivity contribution >= 4 is 17.3 Å². The average Bonchev–Trinajstić information content (AvgIpc) is 2.37. The summed E-state index contributed by atoms with van der Waals surface area (Å²) in [5.74, 6) is -0.302. The normalized spacial score (nSPS) is 10.2. The fourth-order valence-corrected chi connectivity index (χ4v) is 1.63. The third kappa shape index (κ3) is 3.19. The van der Waals surface area contributed by atoms with Crippen LogP contribution in [0.2, 0.25) is 0 Å². The maximum absolute atomic E-state index is 11.9. The van der Waals surface area contributed by atoms with Crippen molar-refractivity contribution < 1.29 is 4.79 Å². The second-order valence-electron chi connectivity index (χ2n) is 4.11. The quantitative estimate of drug-likeness (QED) is 0.851. The van der Waals surface area contributed by atoms with Gasteiger partial charge in [0.1, 0.15) is 6.54 Å². The van der Waals surface area contributed by atoms with E-state index in [-0.39, 0.29) is 18.0 Å². The molecule has 6 nitrogen and oxygen atoms in total. The molecule has 98 valence electrons. The highest BCUT2D eigenvalue weighted by Crippen LogP contribution is 2.10. The van der Waals surface area contributed by atoms with Crippen molar-refractivity contribution in [2.45, 2.75) is 13.5 Å². The lowest BCUT2D eigenvalue weighted by molar-refractivity contribution is -0.116. The van der Waals surface area contributed by atoms with Crippen LogP contribution in [0.3, 0.4) is 0 Å². The molecule has 0 atom stereocenters. The number of amides is 1. The van der Waals surface area contributed by atoms with E-state index >= 15 is 0 Å². The van der Waals surface area contributed by atoms with Crippen LogP contribution in [0.15, 0.2) is 41.5 Å². The van der Waals surface area contributed by atoms with Gasteiger partial charge in [0.2, 0.25) is 5.91 Å². The molecule has 2 aromatic rings. The molecule has 0 saturated carbocycles. The fourth-order valence-electron chi connectivity index (χ4n) is 1.63. The highest BCUT2D eigenvalue weighted by Gasteiger charge is 2.07. The van der Waals surface area contributed by atoms with Crippen molar-refractivity contribution in [3.8, 4) is 0 Å². The van der Waals surface area contributed by atoms with Gasteiger partial charge in [-0.15, -0.1) is 0 Å². The lowest BCUT2D eigenvalue weighted by atomic mass is 10.3. The van der Waals surface area contributed by atoms with Gasteiger partial charge in [-0.25, -0.2) is 0 Å². The van der Waals surface area contributed by atoms with Gasteiger partial charge in [-0.3, -0.25) is 14.6 Å². The molecule has 0 aliphatic carbocycles. The number of aromatic nitrogens is 2. The molecule has 6 heteroatoms. The maximum Gasteiger partial charge on any atom is 0.251 e. The zero-order valence-electron chi connectivity index (χ0n) is 10.5. The van der Waals surface area contributed by atoms with E-state index in [0.717, 1.165) is 5.69 Å². The second-order valence-corrected chi connectivity index (χ2v) is 4.11. The summed E-state index contributed by atoms with van der Waals surface area (Å²) in [6.45, 7) is 1.71.